The number of amides is 2. The molecule has 2 N–H and O–H groups in total. The Morgan fingerprint density at radius 3 is 2.54 bits per heavy atom. The molecule has 0 radical (unpaired) electrons. The van der Waals surface area contributed by atoms with Crippen molar-refractivity contribution in [2.24, 2.45) is 0 Å². The van der Waals surface area contributed by atoms with Gasteiger partial charge in [-0.25, -0.2) is 4.79 Å². The van der Waals surface area contributed by atoms with E-state index in [2.05, 4.69) is 39.8 Å². The number of anilines is 1. The van der Waals surface area contributed by atoms with Crippen molar-refractivity contribution in [2.45, 2.75) is 65.2 Å². The molecule has 0 atom stereocenters. The van der Waals surface area contributed by atoms with Crippen molar-refractivity contribution in [1.82, 2.24) is 15.5 Å². The van der Waals surface area contributed by atoms with E-state index in [0.717, 1.165) is 24.4 Å². The van der Waals surface area contributed by atoms with E-state index in [0.29, 0.717) is 18.9 Å². The second kappa shape index (κ2) is 10.6. The first-order valence-electron chi connectivity index (χ1n) is 9.54. The summed E-state index contributed by atoms with van der Waals surface area (Å²) in [5.41, 5.74) is 2.12. The van der Waals surface area contributed by atoms with Crippen molar-refractivity contribution >= 4 is 11.7 Å². The molecule has 2 aromatic rings. The zero-order valence-electron chi connectivity index (χ0n) is 16.0. The molecule has 2 amide bonds. The quantitative estimate of drug-likeness (QED) is 0.604. The average Bonchev–Trinajstić information content (AvgIpc) is 3.10. The number of nitrogens with zero attached hydrogens (tertiary/aromatic N) is 2. The summed E-state index contributed by atoms with van der Waals surface area (Å²) in [5, 5.41) is 9.63. The third kappa shape index (κ3) is 6.86. The molecule has 6 nitrogen and oxygen atoms in total. The van der Waals surface area contributed by atoms with E-state index >= 15 is 0 Å². The SMILES string of the molecule is CCCCCc1ccc(NC(=O)NCCCc2nc(C(C)C)no2)cc1. The molecule has 0 spiro atoms. The van der Waals surface area contributed by atoms with Gasteiger partial charge in [0.1, 0.15) is 0 Å². The minimum absolute atomic E-state index is 0.197. The molecule has 0 bridgehead atoms. The molecule has 0 fully saturated rings. The summed E-state index contributed by atoms with van der Waals surface area (Å²) in [5.74, 6) is 1.60. The van der Waals surface area contributed by atoms with Gasteiger partial charge in [0.2, 0.25) is 5.89 Å². The second-order valence-corrected chi connectivity index (χ2v) is 6.84. The van der Waals surface area contributed by atoms with Gasteiger partial charge in [-0.15, -0.1) is 0 Å². The lowest BCUT2D eigenvalue weighted by Crippen LogP contribution is -2.29. The van der Waals surface area contributed by atoms with Gasteiger partial charge in [0.15, 0.2) is 5.82 Å². The predicted molar refractivity (Wildman–Crippen MR) is 103 cm³/mol. The standard InChI is InChI=1S/C20H30N4O2/c1-4-5-6-8-16-10-12-17(13-11-16)22-20(25)21-14-7-9-18-23-19(15(2)3)24-26-18/h10-13,15H,4-9,14H2,1-3H3,(H2,21,22,25). The summed E-state index contributed by atoms with van der Waals surface area (Å²) in [7, 11) is 0. The van der Waals surface area contributed by atoms with E-state index in [1.165, 1.54) is 24.8 Å². The Labute approximate surface area is 155 Å². The van der Waals surface area contributed by atoms with Gasteiger partial charge in [0, 0.05) is 24.6 Å². The zero-order valence-corrected chi connectivity index (χ0v) is 16.0. The number of rotatable bonds is 10. The van der Waals surface area contributed by atoms with Gasteiger partial charge in [-0.3, -0.25) is 0 Å². The van der Waals surface area contributed by atoms with Crippen LogP contribution in [0.5, 0.6) is 0 Å². The van der Waals surface area contributed by atoms with E-state index < -0.39 is 0 Å². The maximum Gasteiger partial charge on any atom is 0.319 e. The topological polar surface area (TPSA) is 80.0 Å². The summed E-state index contributed by atoms with van der Waals surface area (Å²) in [6, 6.07) is 7.86. The van der Waals surface area contributed by atoms with Crippen LogP contribution >= 0.6 is 0 Å². The largest absolute Gasteiger partial charge is 0.339 e. The predicted octanol–water partition coefficient (Wildman–Crippen LogP) is 4.68. The van der Waals surface area contributed by atoms with Gasteiger partial charge >= 0.3 is 6.03 Å². The number of urea groups is 1. The van der Waals surface area contributed by atoms with Crippen molar-refractivity contribution in [3.8, 4) is 0 Å². The molecule has 0 unspecified atom stereocenters. The Bertz CT molecular complexity index is 665. The van der Waals surface area contributed by atoms with Crippen LogP contribution in [-0.4, -0.2) is 22.7 Å². The highest BCUT2D eigenvalue weighted by Gasteiger charge is 2.09. The van der Waals surface area contributed by atoms with Crippen molar-refractivity contribution in [3.05, 3.63) is 41.5 Å². The first kappa shape index (κ1) is 19.9. The Balaban J connectivity index is 1.65. The molecule has 26 heavy (non-hydrogen) atoms. The van der Waals surface area contributed by atoms with Crippen LogP contribution < -0.4 is 10.6 Å². The van der Waals surface area contributed by atoms with Gasteiger partial charge in [-0.2, -0.15) is 4.98 Å². The Hall–Kier alpha value is -2.37. The minimum Gasteiger partial charge on any atom is -0.339 e. The summed E-state index contributed by atoms with van der Waals surface area (Å²) in [4.78, 5) is 16.3. The Morgan fingerprint density at radius 2 is 1.88 bits per heavy atom. The number of nitrogens with one attached hydrogen (secondary N) is 2. The lowest BCUT2D eigenvalue weighted by atomic mass is 10.1. The van der Waals surface area contributed by atoms with Crippen LogP contribution in [0.2, 0.25) is 0 Å². The smallest absolute Gasteiger partial charge is 0.319 e. The van der Waals surface area contributed by atoms with E-state index in [1.807, 2.05) is 26.0 Å². The molecular weight excluding hydrogens is 328 g/mol. The number of carbonyl (C=O) groups is 1. The monoisotopic (exact) mass is 358 g/mol. The molecule has 1 heterocycles. The average molecular weight is 358 g/mol. The number of aromatic nitrogens is 2. The third-order valence-electron chi connectivity index (χ3n) is 4.13. The highest BCUT2D eigenvalue weighted by molar-refractivity contribution is 5.89. The van der Waals surface area contributed by atoms with Crippen LogP contribution in [0.4, 0.5) is 10.5 Å². The van der Waals surface area contributed by atoms with Crippen molar-refractivity contribution in [2.75, 3.05) is 11.9 Å². The summed E-state index contributed by atoms with van der Waals surface area (Å²) < 4.78 is 5.19. The van der Waals surface area contributed by atoms with Gasteiger partial charge in [-0.05, 0) is 37.0 Å². The second-order valence-electron chi connectivity index (χ2n) is 6.84. The molecule has 0 aliphatic carbocycles. The number of carbonyl (C=O) groups excluding carboxylic acids is 1. The first-order chi connectivity index (χ1) is 12.6. The van der Waals surface area contributed by atoms with Gasteiger partial charge in [0.25, 0.3) is 0 Å². The Morgan fingerprint density at radius 1 is 1.12 bits per heavy atom. The third-order valence-corrected chi connectivity index (χ3v) is 4.13. The van der Waals surface area contributed by atoms with Crippen LogP contribution in [0, 0.1) is 0 Å². The fourth-order valence-electron chi connectivity index (χ4n) is 2.55. The highest BCUT2D eigenvalue weighted by atomic mass is 16.5. The first-order valence-corrected chi connectivity index (χ1v) is 9.54. The van der Waals surface area contributed by atoms with E-state index in [-0.39, 0.29) is 11.9 Å². The molecule has 2 rings (SSSR count). The van der Waals surface area contributed by atoms with E-state index in [4.69, 9.17) is 4.52 Å². The number of aryl methyl sites for hydroxylation is 2. The number of benzene rings is 1. The Kier molecular flexibility index (Phi) is 8.12. The summed E-state index contributed by atoms with van der Waals surface area (Å²) in [6.07, 6.45) is 6.20. The van der Waals surface area contributed by atoms with Crippen molar-refractivity contribution in [1.29, 1.82) is 0 Å². The van der Waals surface area contributed by atoms with Crippen LogP contribution in [0.25, 0.3) is 0 Å². The highest BCUT2D eigenvalue weighted by Crippen LogP contribution is 2.12. The molecule has 6 heteroatoms. The molecule has 0 saturated heterocycles. The number of unbranched alkanes of at least 4 members (excludes halogenated alkanes) is 2. The van der Waals surface area contributed by atoms with Crippen molar-refractivity contribution in [3.63, 3.8) is 0 Å². The van der Waals surface area contributed by atoms with Gasteiger partial charge in [0.05, 0.1) is 0 Å². The zero-order chi connectivity index (χ0) is 18.8. The van der Waals surface area contributed by atoms with E-state index in [9.17, 15) is 4.79 Å². The molecular formula is C20H30N4O2. The van der Waals surface area contributed by atoms with Gasteiger partial charge in [-0.1, -0.05) is 50.9 Å². The fraction of sp³-hybridized carbons (Fsp3) is 0.550. The molecule has 0 saturated carbocycles. The summed E-state index contributed by atoms with van der Waals surface area (Å²) in [6.45, 7) is 6.81. The fourth-order valence-corrected chi connectivity index (χ4v) is 2.55. The lowest BCUT2D eigenvalue weighted by molar-refractivity contribution is 0.252. The van der Waals surface area contributed by atoms with E-state index in [1.54, 1.807) is 0 Å². The molecule has 1 aromatic heterocycles. The van der Waals surface area contributed by atoms with Crippen molar-refractivity contribution < 1.29 is 9.32 Å². The van der Waals surface area contributed by atoms with Crippen LogP contribution in [0.3, 0.4) is 0 Å². The molecule has 142 valence electrons. The number of hydrogen-bond donors (Lipinski definition) is 2. The van der Waals surface area contributed by atoms with Crippen LogP contribution in [0.15, 0.2) is 28.8 Å². The van der Waals surface area contributed by atoms with Gasteiger partial charge < -0.3 is 15.2 Å². The molecule has 0 aliphatic heterocycles. The maximum atomic E-state index is 11.9. The maximum absolute atomic E-state index is 11.9. The molecule has 1 aromatic carbocycles. The minimum atomic E-state index is -0.197. The summed E-state index contributed by atoms with van der Waals surface area (Å²) >= 11 is 0. The lowest BCUT2D eigenvalue weighted by Gasteiger charge is -2.08. The van der Waals surface area contributed by atoms with Crippen LogP contribution in [-0.2, 0) is 12.8 Å². The number of hydrogen-bond acceptors (Lipinski definition) is 4. The van der Waals surface area contributed by atoms with Crippen LogP contribution in [0.1, 0.15) is 69.7 Å². The molecule has 0 aliphatic rings. The normalized spacial score (nSPS) is 10.9.